The van der Waals surface area contributed by atoms with E-state index in [1.165, 1.54) is 18.3 Å². The lowest BCUT2D eigenvalue weighted by Crippen LogP contribution is -2.44. The first-order valence-corrected chi connectivity index (χ1v) is 9.89. The van der Waals surface area contributed by atoms with E-state index in [1.807, 2.05) is 11.8 Å². The summed E-state index contributed by atoms with van der Waals surface area (Å²) in [6.07, 6.45) is -0.611. The van der Waals surface area contributed by atoms with Crippen molar-refractivity contribution in [2.45, 2.75) is 32.1 Å². The van der Waals surface area contributed by atoms with Crippen LogP contribution in [0.5, 0.6) is 5.88 Å². The molecule has 12 heteroatoms. The Kier molecular flexibility index (Phi) is 9.72. The van der Waals surface area contributed by atoms with Gasteiger partial charge in [0.2, 0.25) is 5.88 Å². The number of anilines is 1. The van der Waals surface area contributed by atoms with E-state index < -0.39 is 12.8 Å². The zero-order chi connectivity index (χ0) is 22.3. The number of rotatable bonds is 7. The molecular weight excluding hydrogens is 543 g/mol. The Morgan fingerprint density at radius 3 is 2.75 bits per heavy atom. The van der Waals surface area contributed by atoms with Crippen molar-refractivity contribution in [1.82, 2.24) is 20.6 Å². The number of nitrogens with zero attached hydrogens (tertiary/aromatic N) is 4. The second-order valence-corrected chi connectivity index (χ2v) is 6.99. The van der Waals surface area contributed by atoms with E-state index in [0.717, 1.165) is 12.0 Å². The number of hydrogen-bond acceptors (Lipinski definition) is 5. The van der Waals surface area contributed by atoms with E-state index in [4.69, 9.17) is 0 Å². The fourth-order valence-corrected chi connectivity index (χ4v) is 3.11. The Morgan fingerprint density at radius 1 is 1.28 bits per heavy atom. The van der Waals surface area contributed by atoms with E-state index in [2.05, 4.69) is 30.3 Å². The van der Waals surface area contributed by atoms with Gasteiger partial charge in [-0.25, -0.2) is 19.4 Å². The standard InChI is InChI=1S/C20H24F4N6O.HI/c1-2-25-19(28-11-14-5-6-17(27-10-14)31-13-20(22,23)24)29-15-7-9-30(12-15)18-16(21)4-3-8-26-18;/h3-6,8,10,15H,2,7,9,11-13H2,1H3,(H2,25,28,29);1H. The Hall–Kier alpha value is -2.38. The van der Waals surface area contributed by atoms with E-state index in [9.17, 15) is 17.6 Å². The Morgan fingerprint density at radius 2 is 2.09 bits per heavy atom. The Balaban J connectivity index is 0.00000363. The van der Waals surface area contributed by atoms with Crippen LogP contribution in [0, 0.1) is 5.82 Å². The lowest BCUT2D eigenvalue weighted by molar-refractivity contribution is -0.154. The molecule has 32 heavy (non-hydrogen) atoms. The lowest BCUT2D eigenvalue weighted by Gasteiger charge is -2.20. The van der Waals surface area contributed by atoms with Gasteiger partial charge in [0.05, 0.1) is 6.54 Å². The van der Waals surface area contributed by atoms with Gasteiger partial charge in [-0.15, -0.1) is 24.0 Å². The van der Waals surface area contributed by atoms with Crippen LogP contribution in [0.4, 0.5) is 23.4 Å². The van der Waals surface area contributed by atoms with Gasteiger partial charge >= 0.3 is 6.18 Å². The van der Waals surface area contributed by atoms with Crippen LogP contribution in [0.15, 0.2) is 41.7 Å². The zero-order valence-electron chi connectivity index (χ0n) is 17.4. The molecule has 1 atom stereocenters. The van der Waals surface area contributed by atoms with Crippen molar-refractivity contribution >= 4 is 35.8 Å². The van der Waals surface area contributed by atoms with Crippen LogP contribution in [0.3, 0.4) is 0 Å². The molecule has 1 saturated heterocycles. The smallest absolute Gasteiger partial charge is 0.422 e. The van der Waals surface area contributed by atoms with Crippen LogP contribution in [-0.4, -0.2) is 54.4 Å². The van der Waals surface area contributed by atoms with Crippen molar-refractivity contribution in [2.75, 3.05) is 31.1 Å². The lowest BCUT2D eigenvalue weighted by atomic mass is 10.2. The summed E-state index contributed by atoms with van der Waals surface area (Å²) >= 11 is 0. The predicted molar refractivity (Wildman–Crippen MR) is 124 cm³/mol. The number of ether oxygens (including phenoxy) is 1. The highest BCUT2D eigenvalue weighted by atomic mass is 127. The van der Waals surface area contributed by atoms with E-state index in [0.29, 0.717) is 31.4 Å². The molecule has 0 radical (unpaired) electrons. The normalized spacial score (nSPS) is 16.5. The molecule has 0 bridgehead atoms. The average molecular weight is 568 g/mol. The monoisotopic (exact) mass is 568 g/mol. The summed E-state index contributed by atoms with van der Waals surface area (Å²) in [7, 11) is 0. The summed E-state index contributed by atoms with van der Waals surface area (Å²) in [4.78, 5) is 14.4. The van der Waals surface area contributed by atoms with Crippen LogP contribution < -0.4 is 20.3 Å². The van der Waals surface area contributed by atoms with Crippen LogP contribution in [0.1, 0.15) is 18.9 Å². The molecule has 2 aromatic heterocycles. The molecule has 0 aromatic carbocycles. The van der Waals surface area contributed by atoms with Crippen molar-refractivity contribution in [3.63, 3.8) is 0 Å². The van der Waals surface area contributed by atoms with Gasteiger partial charge in [0.15, 0.2) is 24.2 Å². The van der Waals surface area contributed by atoms with E-state index in [1.54, 1.807) is 18.3 Å². The Labute approximate surface area is 200 Å². The molecule has 0 spiro atoms. The van der Waals surface area contributed by atoms with Crippen molar-refractivity contribution in [3.05, 3.63) is 48.0 Å². The predicted octanol–water partition coefficient (Wildman–Crippen LogP) is 3.51. The van der Waals surface area contributed by atoms with Crippen LogP contribution in [0.2, 0.25) is 0 Å². The number of aliphatic imine (C=N–C) groups is 1. The fraction of sp³-hybridized carbons (Fsp3) is 0.450. The molecule has 2 aromatic rings. The van der Waals surface area contributed by atoms with Gasteiger partial charge in [-0.2, -0.15) is 13.2 Å². The van der Waals surface area contributed by atoms with Crippen LogP contribution in [-0.2, 0) is 6.54 Å². The first-order chi connectivity index (χ1) is 14.8. The number of pyridine rings is 2. The van der Waals surface area contributed by atoms with Crippen molar-refractivity contribution in [2.24, 2.45) is 4.99 Å². The summed E-state index contributed by atoms with van der Waals surface area (Å²) in [5, 5.41) is 6.49. The fourth-order valence-electron chi connectivity index (χ4n) is 3.11. The number of guanidine groups is 1. The van der Waals surface area contributed by atoms with Crippen molar-refractivity contribution < 1.29 is 22.3 Å². The minimum Gasteiger partial charge on any atom is -0.468 e. The molecule has 1 fully saturated rings. The van der Waals surface area contributed by atoms with Crippen molar-refractivity contribution in [3.8, 4) is 5.88 Å². The van der Waals surface area contributed by atoms with Gasteiger partial charge in [-0.1, -0.05) is 6.07 Å². The maximum Gasteiger partial charge on any atom is 0.422 e. The third-order valence-electron chi connectivity index (χ3n) is 4.51. The Bertz CT molecular complexity index is 881. The highest BCUT2D eigenvalue weighted by molar-refractivity contribution is 14.0. The molecule has 7 nitrogen and oxygen atoms in total. The maximum absolute atomic E-state index is 14.0. The third-order valence-corrected chi connectivity index (χ3v) is 4.51. The average Bonchev–Trinajstić information content (AvgIpc) is 3.19. The van der Waals surface area contributed by atoms with Gasteiger partial charge in [-0.05, 0) is 31.0 Å². The zero-order valence-corrected chi connectivity index (χ0v) is 19.7. The third kappa shape index (κ3) is 7.95. The molecule has 1 aliphatic heterocycles. The SMILES string of the molecule is CCNC(=NCc1ccc(OCC(F)(F)F)nc1)NC1CCN(c2ncccc2F)C1.I. The number of nitrogens with one attached hydrogen (secondary N) is 2. The van der Waals surface area contributed by atoms with Crippen LogP contribution in [0.25, 0.3) is 0 Å². The second kappa shape index (κ2) is 12.0. The van der Waals surface area contributed by atoms with E-state index in [-0.39, 0.29) is 48.3 Å². The highest BCUT2D eigenvalue weighted by Crippen LogP contribution is 2.21. The molecule has 3 heterocycles. The highest BCUT2D eigenvalue weighted by Gasteiger charge is 2.28. The number of hydrogen-bond donors (Lipinski definition) is 2. The quantitative estimate of drug-likeness (QED) is 0.231. The molecular formula is C20H25F4IN6O. The molecule has 1 aliphatic rings. The van der Waals surface area contributed by atoms with Crippen molar-refractivity contribution in [1.29, 1.82) is 0 Å². The molecule has 0 saturated carbocycles. The molecule has 0 aliphatic carbocycles. The molecule has 176 valence electrons. The van der Waals surface area contributed by atoms with Gasteiger partial charge in [-0.3, -0.25) is 0 Å². The topological polar surface area (TPSA) is 74.7 Å². The number of halogens is 5. The molecule has 2 N–H and O–H groups in total. The first kappa shape index (κ1) is 25.9. The summed E-state index contributed by atoms with van der Waals surface area (Å²) in [6, 6.07) is 6.02. The largest absolute Gasteiger partial charge is 0.468 e. The first-order valence-electron chi connectivity index (χ1n) is 9.89. The summed E-state index contributed by atoms with van der Waals surface area (Å²) in [5.74, 6) is 0.489. The summed E-state index contributed by atoms with van der Waals surface area (Å²) in [6.45, 7) is 2.76. The molecule has 3 rings (SSSR count). The molecule has 1 unspecified atom stereocenters. The van der Waals surface area contributed by atoms with Crippen LogP contribution >= 0.6 is 24.0 Å². The molecule has 0 amide bonds. The van der Waals surface area contributed by atoms with Gasteiger partial charge < -0.3 is 20.3 Å². The van der Waals surface area contributed by atoms with E-state index >= 15 is 0 Å². The number of alkyl halides is 3. The maximum atomic E-state index is 14.0. The summed E-state index contributed by atoms with van der Waals surface area (Å²) < 4.78 is 55.2. The van der Waals surface area contributed by atoms with Gasteiger partial charge in [0.1, 0.15) is 0 Å². The minimum absolute atomic E-state index is 0. The van der Waals surface area contributed by atoms with Gasteiger partial charge in [0, 0.05) is 44.1 Å². The van der Waals surface area contributed by atoms with Gasteiger partial charge in [0.25, 0.3) is 0 Å². The summed E-state index contributed by atoms with van der Waals surface area (Å²) in [5.41, 5.74) is 0.722. The minimum atomic E-state index is -4.41. The number of aromatic nitrogens is 2. The second-order valence-electron chi connectivity index (χ2n) is 6.99.